The zero-order chi connectivity index (χ0) is 26.6. The number of hydrogen-bond donors (Lipinski definition) is 0. The van der Waals surface area contributed by atoms with Gasteiger partial charge in [-0.3, -0.25) is 14.6 Å². The molecule has 1 aromatic heterocycles. The SMILES string of the molecule is O=C(C(=O)N1CCCCC1C(=O)OC(CCCc1ccccc1)CCCc1ccccn1)c1ccccc1. The van der Waals surface area contributed by atoms with Crippen LogP contribution in [0.3, 0.4) is 0 Å². The minimum absolute atomic E-state index is 0.251. The van der Waals surface area contributed by atoms with Crippen molar-refractivity contribution < 1.29 is 19.1 Å². The molecule has 2 unspecified atom stereocenters. The standard InChI is InChI=1S/C32H36N2O4/c35-30(26-16-5-2-6-17-26)31(36)34-24-10-8-22-29(34)32(37)38-28(20-11-15-25-13-3-1-4-14-25)21-12-19-27-18-7-9-23-33-27/h1-7,9,13-14,16-18,23,28-29H,8,10-12,15,19-22,24H2. The molecule has 0 radical (unpaired) electrons. The molecular formula is C32H36N2O4. The van der Waals surface area contributed by atoms with E-state index in [1.165, 1.54) is 10.5 Å². The third kappa shape index (κ3) is 7.85. The maximum Gasteiger partial charge on any atom is 0.329 e. The van der Waals surface area contributed by atoms with Crippen molar-refractivity contribution in [3.63, 3.8) is 0 Å². The van der Waals surface area contributed by atoms with Crippen molar-refractivity contribution in [2.75, 3.05) is 6.54 Å². The Kier molecular flexibility index (Phi) is 10.2. The molecular weight excluding hydrogens is 476 g/mol. The van der Waals surface area contributed by atoms with Crippen molar-refractivity contribution >= 4 is 17.7 Å². The lowest BCUT2D eigenvalue weighted by molar-refractivity contribution is -0.161. The van der Waals surface area contributed by atoms with Crippen LogP contribution in [0.4, 0.5) is 0 Å². The summed E-state index contributed by atoms with van der Waals surface area (Å²) in [5, 5.41) is 0. The lowest BCUT2D eigenvalue weighted by Crippen LogP contribution is -2.51. The second-order valence-corrected chi connectivity index (χ2v) is 9.86. The summed E-state index contributed by atoms with van der Waals surface area (Å²) in [6, 6.07) is 24.0. The molecule has 4 rings (SSSR count). The molecule has 0 spiro atoms. The van der Waals surface area contributed by atoms with Crippen LogP contribution < -0.4 is 0 Å². The van der Waals surface area contributed by atoms with Gasteiger partial charge in [0.2, 0.25) is 5.78 Å². The number of benzene rings is 2. The van der Waals surface area contributed by atoms with E-state index >= 15 is 0 Å². The summed E-state index contributed by atoms with van der Waals surface area (Å²) < 4.78 is 6.07. The van der Waals surface area contributed by atoms with Crippen molar-refractivity contribution in [1.82, 2.24) is 9.88 Å². The van der Waals surface area contributed by atoms with Crippen molar-refractivity contribution in [2.45, 2.75) is 69.9 Å². The number of likely N-dealkylation sites (tertiary alicyclic amines) is 1. The van der Waals surface area contributed by atoms with Gasteiger partial charge < -0.3 is 9.64 Å². The van der Waals surface area contributed by atoms with E-state index < -0.39 is 23.7 Å². The van der Waals surface area contributed by atoms with Crippen LogP contribution in [0.5, 0.6) is 0 Å². The first-order valence-corrected chi connectivity index (χ1v) is 13.7. The highest BCUT2D eigenvalue weighted by Crippen LogP contribution is 2.22. The van der Waals surface area contributed by atoms with E-state index in [0.717, 1.165) is 57.1 Å². The Hall–Kier alpha value is -3.80. The molecule has 3 aromatic rings. The normalized spacial score (nSPS) is 16.0. The third-order valence-electron chi connectivity index (χ3n) is 7.07. The van der Waals surface area contributed by atoms with E-state index in [2.05, 4.69) is 17.1 Å². The van der Waals surface area contributed by atoms with Gasteiger partial charge >= 0.3 is 5.97 Å². The maximum atomic E-state index is 13.4. The van der Waals surface area contributed by atoms with Crippen LogP contribution in [0.1, 0.15) is 66.6 Å². The molecule has 0 bridgehead atoms. The summed E-state index contributed by atoms with van der Waals surface area (Å²) in [6.45, 7) is 0.384. The molecule has 1 amide bonds. The number of aromatic nitrogens is 1. The van der Waals surface area contributed by atoms with Crippen LogP contribution in [-0.4, -0.2) is 46.2 Å². The Morgan fingerprint density at radius 2 is 1.53 bits per heavy atom. The molecule has 198 valence electrons. The summed E-state index contributed by atoms with van der Waals surface area (Å²) in [5.41, 5.74) is 2.61. The highest BCUT2D eigenvalue weighted by molar-refractivity contribution is 6.43. The number of aryl methyl sites for hydroxylation is 2. The van der Waals surface area contributed by atoms with Gasteiger partial charge in [0.1, 0.15) is 12.1 Å². The fourth-order valence-corrected chi connectivity index (χ4v) is 5.00. The summed E-state index contributed by atoms with van der Waals surface area (Å²) in [4.78, 5) is 45.2. The van der Waals surface area contributed by atoms with Gasteiger partial charge in [0, 0.05) is 24.0 Å². The minimum atomic E-state index is -0.726. The first-order chi connectivity index (χ1) is 18.6. The zero-order valence-electron chi connectivity index (χ0n) is 21.8. The van der Waals surface area contributed by atoms with Crippen LogP contribution in [0, 0.1) is 0 Å². The van der Waals surface area contributed by atoms with Crippen molar-refractivity contribution in [3.8, 4) is 0 Å². The first-order valence-electron chi connectivity index (χ1n) is 13.7. The molecule has 0 saturated carbocycles. The van der Waals surface area contributed by atoms with Gasteiger partial charge in [0.05, 0.1) is 0 Å². The number of pyridine rings is 1. The van der Waals surface area contributed by atoms with Crippen molar-refractivity contribution in [2.24, 2.45) is 0 Å². The van der Waals surface area contributed by atoms with Gasteiger partial charge in [-0.1, -0.05) is 66.7 Å². The molecule has 1 fully saturated rings. The van der Waals surface area contributed by atoms with Crippen molar-refractivity contribution in [1.29, 1.82) is 0 Å². The third-order valence-corrected chi connectivity index (χ3v) is 7.07. The molecule has 2 heterocycles. The Morgan fingerprint density at radius 3 is 2.24 bits per heavy atom. The fourth-order valence-electron chi connectivity index (χ4n) is 5.00. The van der Waals surface area contributed by atoms with Crippen molar-refractivity contribution in [3.05, 3.63) is 102 Å². The van der Waals surface area contributed by atoms with Gasteiger partial charge in [0.25, 0.3) is 5.91 Å². The first kappa shape index (κ1) is 27.2. The van der Waals surface area contributed by atoms with Crippen LogP contribution in [-0.2, 0) is 27.2 Å². The molecule has 1 aliphatic heterocycles. The minimum Gasteiger partial charge on any atom is -0.461 e. The van der Waals surface area contributed by atoms with Gasteiger partial charge in [-0.15, -0.1) is 0 Å². The summed E-state index contributed by atoms with van der Waals surface area (Å²) in [5.74, 6) is -1.62. The predicted octanol–water partition coefficient (Wildman–Crippen LogP) is 5.60. The molecule has 6 nitrogen and oxygen atoms in total. The van der Waals surface area contributed by atoms with Crippen LogP contribution in [0.15, 0.2) is 85.1 Å². The Balaban J connectivity index is 1.39. The largest absolute Gasteiger partial charge is 0.461 e. The fraction of sp³-hybridized carbons (Fsp3) is 0.375. The number of ether oxygens (including phenoxy) is 1. The van der Waals surface area contributed by atoms with E-state index in [0.29, 0.717) is 18.5 Å². The number of piperidine rings is 1. The number of carbonyl (C=O) groups is 3. The number of hydrogen-bond acceptors (Lipinski definition) is 5. The predicted molar refractivity (Wildman–Crippen MR) is 147 cm³/mol. The van der Waals surface area contributed by atoms with Gasteiger partial charge in [-0.25, -0.2) is 4.79 Å². The molecule has 1 saturated heterocycles. The molecule has 38 heavy (non-hydrogen) atoms. The number of esters is 1. The smallest absolute Gasteiger partial charge is 0.329 e. The summed E-state index contributed by atoms with van der Waals surface area (Å²) in [7, 11) is 0. The molecule has 0 aliphatic carbocycles. The topological polar surface area (TPSA) is 76.6 Å². The zero-order valence-corrected chi connectivity index (χ0v) is 21.8. The summed E-state index contributed by atoms with van der Waals surface area (Å²) >= 11 is 0. The number of ketones is 1. The van der Waals surface area contributed by atoms with E-state index in [1.54, 1.807) is 36.5 Å². The Labute approximate surface area is 225 Å². The second-order valence-electron chi connectivity index (χ2n) is 9.86. The van der Waals surface area contributed by atoms with Gasteiger partial charge in [-0.2, -0.15) is 0 Å². The Morgan fingerprint density at radius 1 is 0.842 bits per heavy atom. The highest BCUT2D eigenvalue weighted by atomic mass is 16.5. The monoisotopic (exact) mass is 512 g/mol. The number of carbonyl (C=O) groups excluding carboxylic acids is 3. The van der Waals surface area contributed by atoms with Crippen LogP contribution >= 0.6 is 0 Å². The van der Waals surface area contributed by atoms with Gasteiger partial charge in [-0.05, 0) is 75.5 Å². The molecule has 1 aliphatic rings. The van der Waals surface area contributed by atoms with E-state index in [1.807, 2.05) is 36.4 Å². The van der Waals surface area contributed by atoms with Crippen LogP contribution in [0.25, 0.3) is 0 Å². The maximum absolute atomic E-state index is 13.4. The lowest BCUT2D eigenvalue weighted by atomic mass is 9.99. The lowest BCUT2D eigenvalue weighted by Gasteiger charge is -2.34. The highest BCUT2D eigenvalue weighted by Gasteiger charge is 2.37. The summed E-state index contributed by atoms with van der Waals surface area (Å²) in [6.07, 6.45) is 8.57. The average molecular weight is 513 g/mol. The van der Waals surface area contributed by atoms with E-state index in [9.17, 15) is 14.4 Å². The molecule has 6 heteroatoms. The number of nitrogens with zero attached hydrogens (tertiary/aromatic N) is 2. The quantitative estimate of drug-likeness (QED) is 0.179. The second kappa shape index (κ2) is 14.2. The number of amides is 1. The molecule has 2 aromatic carbocycles. The van der Waals surface area contributed by atoms with E-state index in [-0.39, 0.29) is 6.10 Å². The number of rotatable bonds is 12. The molecule has 2 atom stereocenters. The Bertz CT molecular complexity index is 1120. The molecule has 0 N–H and O–H groups in total. The van der Waals surface area contributed by atoms with E-state index in [4.69, 9.17) is 4.74 Å². The number of Topliss-reactive ketones (excluding diaryl/α,β-unsaturated/α-hetero) is 1. The average Bonchev–Trinajstić information content (AvgIpc) is 2.98. The van der Waals surface area contributed by atoms with Gasteiger partial charge in [0.15, 0.2) is 0 Å². The van der Waals surface area contributed by atoms with Crippen LogP contribution in [0.2, 0.25) is 0 Å².